The number of carbonyl (C=O) groups excluding carboxylic acids is 1. The Morgan fingerprint density at radius 2 is 2.00 bits per heavy atom. The van der Waals surface area contributed by atoms with E-state index in [1.807, 2.05) is 20.8 Å². The Morgan fingerprint density at radius 1 is 1.38 bits per heavy atom. The lowest BCUT2D eigenvalue weighted by Crippen LogP contribution is -2.44. The van der Waals surface area contributed by atoms with Crippen molar-refractivity contribution in [2.75, 3.05) is 39.4 Å². The maximum absolute atomic E-state index is 11.8. The van der Waals surface area contributed by atoms with Gasteiger partial charge in [-0.25, -0.2) is 0 Å². The van der Waals surface area contributed by atoms with Crippen molar-refractivity contribution < 1.29 is 9.53 Å². The molecule has 0 saturated carbocycles. The van der Waals surface area contributed by atoms with Gasteiger partial charge in [0.1, 0.15) is 0 Å². The third kappa shape index (κ3) is 4.10. The number of amides is 1. The van der Waals surface area contributed by atoms with Gasteiger partial charge in [-0.3, -0.25) is 9.69 Å². The first-order valence-electron chi connectivity index (χ1n) is 6.14. The van der Waals surface area contributed by atoms with E-state index < -0.39 is 0 Å². The third-order valence-corrected chi connectivity index (χ3v) is 3.32. The molecular formula is C12H24N2O2. The van der Waals surface area contributed by atoms with Crippen molar-refractivity contribution in [1.29, 1.82) is 0 Å². The van der Waals surface area contributed by atoms with Crippen LogP contribution in [-0.2, 0) is 9.53 Å². The van der Waals surface area contributed by atoms with Crippen molar-refractivity contribution >= 4 is 5.91 Å². The molecule has 0 bridgehead atoms. The van der Waals surface area contributed by atoms with Crippen LogP contribution in [0.25, 0.3) is 0 Å². The van der Waals surface area contributed by atoms with Crippen LogP contribution in [0.3, 0.4) is 0 Å². The molecule has 1 aliphatic rings. The Kier molecular flexibility index (Phi) is 5.22. The molecule has 1 saturated heterocycles. The van der Waals surface area contributed by atoms with E-state index in [4.69, 9.17) is 4.74 Å². The van der Waals surface area contributed by atoms with Crippen molar-refractivity contribution in [3.8, 4) is 0 Å². The highest BCUT2D eigenvalue weighted by atomic mass is 16.5. The van der Waals surface area contributed by atoms with E-state index in [2.05, 4.69) is 10.2 Å². The van der Waals surface area contributed by atoms with Crippen LogP contribution >= 0.6 is 0 Å². The lowest BCUT2D eigenvalue weighted by molar-refractivity contribution is -0.129. The molecule has 1 rings (SSSR count). The van der Waals surface area contributed by atoms with Crippen molar-refractivity contribution in [2.45, 2.75) is 27.2 Å². The first-order valence-corrected chi connectivity index (χ1v) is 6.14. The van der Waals surface area contributed by atoms with Gasteiger partial charge < -0.3 is 10.1 Å². The fourth-order valence-corrected chi connectivity index (χ4v) is 1.55. The van der Waals surface area contributed by atoms with Gasteiger partial charge in [-0.05, 0) is 6.42 Å². The van der Waals surface area contributed by atoms with Gasteiger partial charge in [0.05, 0.1) is 13.2 Å². The molecule has 0 radical (unpaired) electrons. The van der Waals surface area contributed by atoms with Crippen LogP contribution in [0.5, 0.6) is 0 Å². The van der Waals surface area contributed by atoms with Gasteiger partial charge in [-0.1, -0.05) is 20.8 Å². The summed E-state index contributed by atoms with van der Waals surface area (Å²) in [5.41, 5.74) is -0.245. The summed E-state index contributed by atoms with van der Waals surface area (Å²) in [5.74, 6) is 0.156. The molecule has 4 nitrogen and oxygen atoms in total. The largest absolute Gasteiger partial charge is 0.379 e. The smallest absolute Gasteiger partial charge is 0.225 e. The average Bonchev–Trinajstić information content (AvgIpc) is 2.30. The standard InChI is InChI=1S/C12H24N2O2/c1-4-12(2,3)11(15)13-5-6-14-7-9-16-10-8-14/h4-10H2,1-3H3,(H,13,15). The molecule has 16 heavy (non-hydrogen) atoms. The molecule has 0 aromatic rings. The van der Waals surface area contributed by atoms with Crippen LogP contribution in [0, 0.1) is 5.41 Å². The van der Waals surface area contributed by atoms with E-state index in [0.29, 0.717) is 0 Å². The van der Waals surface area contributed by atoms with Crippen molar-refractivity contribution in [1.82, 2.24) is 10.2 Å². The zero-order valence-electron chi connectivity index (χ0n) is 10.7. The zero-order chi connectivity index (χ0) is 12.0. The quantitative estimate of drug-likeness (QED) is 0.759. The van der Waals surface area contributed by atoms with E-state index in [0.717, 1.165) is 45.8 Å². The van der Waals surface area contributed by atoms with E-state index in [1.165, 1.54) is 0 Å². The summed E-state index contributed by atoms with van der Waals surface area (Å²) in [6, 6.07) is 0. The highest BCUT2D eigenvalue weighted by Crippen LogP contribution is 2.19. The fourth-order valence-electron chi connectivity index (χ4n) is 1.55. The van der Waals surface area contributed by atoms with Crippen LogP contribution in [0.1, 0.15) is 27.2 Å². The maximum Gasteiger partial charge on any atom is 0.225 e. The Balaban J connectivity index is 2.17. The summed E-state index contributed by atoms with van der Waals surface area (Å²) in [6.45, 7) is 11.3. The predicted octanol–water partition coefficient (Wildman–Crippen LogP) is 0.871. The number of rotatable bonds is 5. The molecule has 1 amide bonds. The van der Waals surface area contributed by atoms with Crippen molar-refractivity contribution in [2.24, 2.45) is 5.41 Å². The first kappa shape index (κ1) is 13.5. The molecule has 4 heteroatoms. The van der Waals surface area contributed by atoms with Gasteiger partial charge >= 0.3 is 0 Å². The molecule has 0 aliphatic carbocycles. The molecule has 0 aromatic carbocycles. The maximum atomic E-state index is 11.8. The van der Waals surface area contributed by atoms with Gasteiger partial charge in [0.25, 0.3) is 0 Å². The minimum atomic E-state index is -0.245. The second-order valence-electron chi connectivity index (χ2n) is 4.95. The molecule has 0 unspecified atom stereocenters. The summed E-state index contributed by atoms with van der Waals surface area (Å²) in [6.07, 6.45) is 0.871. The predicted molar refractivity (Wildman–Crippen MR) is 64.3 cm³/mol. The van der Waals surface area contributed by atoms with E-state index >= 15 is 0 Å². The summed E-state index contributed by atoms with van der Waals surface area (Å²) < 4.78 is 5.27. The second-order valence-corrected chi connectivity index (χ2v) is 4.95. The number of nitrogens with one attached hydrogen (secondary N) is 1. The van der Waals surface area contributed by atoms with Crippen LogP contribution in [0.2, 0.25) is 0 Å². The topological polar surface area (TPSA) is 41.6 Å². The lowest BCUT2D eigenvalue weighted by atomic mass is 9.89. The molecular weight excluding hydrogens is 204 g/mol. The van der Waals surface area contributed by atoms with Crippen molar-refractivity contribution in [3.63, 3.8) is 0 Å². The highest BCUT2D eigenvalue weighted by molar-refractivity contribution is 5.81. The molecule has 1 aliphatic heterocycles. The molecule has 1 N–H and O–H groups in total. The minimum Gasteiger partial charge on any atom is -0.379 e. The number of hydrogen-bond acceptors (Lipinski definition) is 3. The molecule has 1 heterocycles. The lowest BCUT2D eigenvalue weighted by Gasteiger charge is -2.27. The fraction of sp³-hybridized carbons (Fsp3) is 0.917. The van der Waals surface area contributed by atoms with Gasteiger partial charge in [0.15, 0.2) is 0 Å². The summed E-state index contributed by atoms with van der Waals surface area (Å²) in [7, 11) is 0. The minimum absolute atomic E-state index is 0.156. The van der Waals surface area contributed by atoms with Gasteiger partial charge in [0.2, 0.25) is 5.91 Å². The Morgan fingerprint density at radius 3 is 2.56 bits per heavy atom. The second kappa shape index (κ2) is 6.21. The van der Waals surface area contributed by atoms with Crippen LogP contribution < -0.4 is 5.32 Å². The highest BCUT2D eigenvalue weighted by Gasteiger charge is 2.24. The first-order chi connectivity index (χ1) is 7.56. The van der Waals surface area contributed by atoms with Crippen LogP contribution in [-0.4, -0.2) is 50.2 Å². The van der Waals surface area contributed by atoms with E-state index in [1.54, 1.807) is 0 Å². The third-order valence-electron chi connectivity index (χ3n) is 3.32. The van der Waals surface area contributed by atoms with Gasteiger partial charge in [-0.15, -0.1) is 0 Å². The van der Waals surface area contributed by atoms with Gasteiger partial charge in [0, 0.05) is 31.6 Å². The van der Waals surface area contributed by atoms with E-state index in [9.17, 15) is 4.79 Å². The van der Waals surface area contributed by atoms with E-state index in [-0.39, 0.29) is 11.3 Å². The Bertz CT molecular complexity index is 223. The monoisotopic (exact) mass is 228 g/mol. The summed E-state index contributed by atoms with van der Waals surface area (Å²) in [4.78, 5) is 14.1. The summed E-state index contributed by atoms with van der Waals surface area (Å²) >= 11 is 0. The number of hydrogen-bond donors (Lipinski definition) is 1. The van der Waals surface area contributed by atoms with Crippen LogP contribution in [0.4, 0.5) is 0 Å². The number of carbonyl (C=O) groups is 1. The molecule has 94 valence electrons. The summed E-state index contributed by atoms with van der Waals surface area (Å²) in [5, 5.41) is 3.00. The zero-order valence-corrected chi connectivity index (χ0v) is 10.7. The Hall–Kier alpha value is -0.610. The number of nitrogens with zero attached hydrogens (tertiary/aromatic N) is 1. The Labute approximate surface area is 98.3 Å². The SMILES string of the molecule is CCC(C)(C)C(=O)NCCN1CCOCC1. The van der Waals surface area contributed by atoms with Crippen LogP contribution in [0.15, 0.2) is 0 Å². The molecule has 0 atom stereocenters. The number of morpholine rings is 1. The molecule has 0 spiro atoms. The normalized spacial score (nSPS) is 18.4. The molecule has 1 fully saturated rings. The molecule has 0 aromatic heterocycles. The average molecular weight is 228 g/mol. The van der Waals surface area contributed by atoms with Crippen molar-refractivity contribution in [3.05, 3.63) is 0 Å². The van der Waals surface area contributed by atoms with Gasteiger partial charge in [-0.2, -0.15) is 0 Å². The number of ether oxygens (including phenoxy) is 1.